The van der Waals surface area contributed by atoms with E-state index < -0.39 is 11.7 Å². The van der Waals surface area contributed by atoms with Gasteiger partial charge in [0, 0.05) is 23.9 Å². The van der Waals surface area contributed by atoms with Crippen molar-refractivity contribution in [3.8, 4) is 5.75 Å². The predicted octanol–water partition coefficient (Wildman–Crippen LogP) is 4.51. The molecule has 0 radical (unpaired) electrons. The quantitative estimate of drug-likeness (QED) is 0.369. The molecule has 1 N–H and O–H groups in total. The number of anilines is 1. The van der Waals surface area contributed by atoms with Crippen LogP contribution in [0.4, 0.5) is 10.5 Å². The minimum Gasteiger partial charge on any atom is -0.491 e. The number of ketones is 2. The van der Waals surface area contributed by atoms with Gasteiger partial charge in [-0.2, -0.15) is 0 Å². The Morgan fingerprint density at radius 3 is 1.87 bits per heavy atom. The molecule has 0 fully saturated rings. The summed E-state index contributed by atoms with van der Waals surface area (Å²) in [4.78, 5) is 36.6. The van der Waals surface area contributed by atoms with Gasteiger partial charge in [-0.25, -0.2) is 4.79 Å². The summed E-state index contributed by atoms with van der Waals surface area (Å²) in [6.45, 7) is 6.20. The maximum atomic E-state index is 12.4. The van der Waals surface area contributed by atoms with E-state index in [0.717, 1.165) is 0 Å². The molecular weight excluding hydrogens is 386 g/mol. The number of ether oxygens (including phenoxy) is 3. The molecule has 0 aliphatic heterocycles. The summed E-state index contributed by atoms with van der Waals surface area (Å²) >= 11 is 0. The van der Waals surface area contributed by atoms with Gasteiger partial charge in [0.25, 0.3) is 0 Å². The van der Waals surface area contributed by atoms with Gasteiger partial charge in [-0.05, 0) is 69.3 Å². The van der Waals surface area contributed by atoms with Crippen molar-refractivity contribution in [3.05, 3.63) is 59.7 Å². The third-order valence-corrected chi connectivity index (χ3v) is 3.91. The molecule has 0 saturated heterocycles. The van der Waals surface area contributed by atoms with Gasteiger partial charge in [-0.3, -0.25) is 14.9 Å². The number of Topliss-reactive ketones (excluding diaryl/α,β-unsaturated/α-hetero) is 2. The number of hydrogen-bond donors (Lipinski definition) is 1. The van der Waals surface area contributed by atoms with Gasteiger partial charge in [-0.15, -0.1) is 0 Å². The lowest BCUT2D eigenvalue weighted by Gasteiger charge is -2.19. The van der Waals surface area contributed by atoms with Crippen LogP contribution in [0.1, 0.15) is 47.9 Å². The molecule has 0 spiro atoms. The summed E-state index contributed by atoms with van der Waals surface area (Å²) in [5.74, 6) is 0.0478. The van der Waals surface area contributed by atoms with E-state index in [4.69, 9.17) is 14.2 Å². The maximum absolute atomic E-state index is 12.4. The van der Waals surface area contributed by atoms with Crippen LogP contribution in [0.15, 0.2) is 48.5 Å². The molecular formula is C23H27NO6. The van der Waals surface area contributed by atoms with Crippen LogP contribution < -0.4 is 10.1 Å². The van der Waals surface area contributed by atoms with Crippen molar-refractivity contribution in [2.75, 3.05) is 25.6 Å². The fourth-order valence-electron chi connectivity index (χ4n) is 2.49. The van der Waals surface area contributed by atoms with E-state index in [1.54, 1.807) is 76.4 Å². The first-order valence-corrected chi connectivity index (χ1v) is 9.56. The van der Waals surface area contributed by atoms with E-state index in [0.29, 0.717) is 35.8 Å². The SMILES string of the molecule is COCCOc1ccc(C(=O)CC(=O)c2ccc(NC(=O)OC(C)(C)C)cc2)cc1. The zero-order valence-electron chi connectivity index (χ0n) is 17.7. The third-order valence-electron chi connectivity index (χ3n) is 3.91. The molecule has 0 unspecified atom stereocenters. The average molecular weight is 413 g/mol. The molecule has 2 rings (SSSR count). The molecule has 160 valence electrons. The molecule has 0 aliphatic carbocycles. The lowest BCUT2D eigenvalue weighted by Crippen LogP contribution is -2.27. The topological polar surface area (TPSA) is 90.9 Å². The van der Waals surface area contributed by atoms with E-state index in [9.17, 15) is 14.4 Å². The number of carbonyl (C=O) groups excluding carboxylic acids is 3. The molecule has 7 heteroatoms. The van der Waals surface area contributed by atoms with Crippen molar-refractivity contribution in [2.45, 2.75) is 32.8 Å². The van der Waals surface area contributed by atoms with Gasteiger partial charge in [-0.1, -0.05) is 0 Å². The summed E-state index contributed by atoms with van der Waals surface area (Å²) in [6, 6.07) is 12.9. The number of hydrogen-bond acceptors (Lipinski definition) is 6. The van der Waals surface area contributed by atoms with Crippen LogP contribution in [-0.4, -0.2) is 43.6 Å². The number of amides is 1. The highest BCUT2D eigenvalue weighted by Crippen LogP contribution is 2.17. The first-order valence-electron chi connectivity index (χ1n) is 9.56. The molecule has 0 aromatic heterocycles. The number of benzene rings is 2. The van der Waals surface area contributed by atoms with Crippen molar-refractivity contribution < 1.29 is 28.6 Å². The number of carbonyl (C=O) groups is 3. The average Bonchev–Trinajstić information content (AvgIpc) is 2.67. The van der Waals surface area contributed by atoms with E-state index in [1.165, 1.54) is 0 Å². The first-order chi connectivity index (χ1) is 14.2. The fraction of sp³-hybridized carbons (Fsp3) is 0.348. The molecule has 2 aromatic carbocycles. The monoisotopic (exact) mass is 413 g/mol. The second kappa shape index (κ2) is 10.5. The normalized spacial score (nSPS) is 10.9. The summed E-state index contributed by atoms with van der Waals surface area (Å²) in [5.41, 5.74) is 0.716. The van der Waals surface area contributed by atoms with Gasteiger partial charge in [0.05, 0.1) is 13.0 Å². The van der Waals surface area contributed by atoms with Crippen LogP contribution >= 0.6 is 0 Å². The highest BCUT2D eigenvalue weighted by atomic mass is 16.6. The first kappa shape index (κ1) is 23.1. The lowest BCUT2D eigenvalue weighted by molar-refractivity contribution is 0.0635. The summed E-state index contributed by atoms with van der Waals surface area (Å²) < 4.78 is 15.5. The molecule has 0 atom stereocenters. The predicted molar refractivity (Wildman–Crippen MR) is 113 cm³/mol. The van der Waals surface area contributed by atoms with Gasteiger partial charge in [0.2, 0.25) is 0 Å². The molecule has 0 heterocycles. The number of methoxy groups -OCH3 is 1. The van der Waals surface area contributed by atoms with Crippen molar-refractivity contribution in [3.63, 3.8) is 0 Å². The Hall–Kier alpha value is -3.19. The number of rotatable bonds is 9. The Morgan fingerprint density at radius 2 is 1.37 bits per heavy atom. The molecule has 0 aliphatic rings. The molecule has 30 heavy (non-hydrogen) atoms. The third kappa shape index (κ3) is 7.67. The van der Waals surface area contributed by atoms with Crippen LogP contribution in [0.2, 0.25) is 0 Å². The van der Waals surface area contributed by atoms with Gasteiger partial charge in [0.15, 0.2) is 11.6 Å². The fourth-order valence-corrected chi connectivity index (χ4v) is 2.49. The zero-order chi connectivity index (χ0) is 22.1. The molecule has 2 aromatic rings. The van der Waals surface area contributed by atoms with Crippen LogP contribution in [0, 0.1) is 0 Å². The second-order valence-electron chi connectivity index (χ2n) is 7.59. The van der Waals surface area contributed by atoms with Crippen LogP contribution in [0.5, 0.6) is 5.75 Å². The van der Waals surface area contributed by atoms with Gasteiger partial charge >= 0.3 is 6.09 Å². The van der Waals surface area contributed by atoms with Crippen molar-refractivity contribution >= 4 is 23.3 Å². The van der Waals surface area contributed by atoms with Crippen molar-refractivity contribution in [2.24, 2.45) is 0 Å². The Balaban J connectivity index is 1.90. The zero-order valence-corrected chi connectivity index (χ0v) is 17.7. The van der Waals surface area contributed by atoms with Crippen molar-refractivity contribution in [1.82, 2.24) is 0 Å². The van der Waals surface area contributed by atoms with E-state index in [-0.39, 0.29) is 18.0 Å². The van der Waals surface area contributed by atoms with Gasteiger partial charge < -0.3 is 14.2 Å². The second-order valence-corrected chi connectivity index (χ2v) is 7.59. The molecule has 1 amide bonds. The van der Waals surface area contributed by atoms with E-state index >= 15 is 0 Å². The largest absolute Gasteiger partial charge is 0.491 e. The Bertz CT molecular complexity index is 866. The van der Waals surface area contributed by atoms with Gasteiger partial charge in [0.1, 0.15) is 18.0 Å². The summed E-state index contributed by atoms with van der Waals surface area (Å²) in [7, 11) is 1.59. The van der Waals surface area contributed by atoms with Crippen LogP contribution in [-0.2, 0) is 9.47 Å². The van der Waals surface area contributed by atoms with Crippen LogP contribution in [0.25, 0.3) is 0 Å². The minimum atomic E-state index is -0.603. The Morgan fingerprint density at radius 1 is 0.833 bits per heavy atom. The maximum Gasteiger partial charge on any atom is 0.412 e. The summed E-state index contributed by atoms with van der Waals surface area (Å²) in [5, 5.41) is 2.60. The highest BCUT2D eigenvalue weighted by molar-refractivity contribution is 6.13. The Kier molecular flexibility index (Phi) is 8.12. The molecule has 7 nitrogen and oxygen atoms in total. The van der Waals surface area contributed by atoms with Crippen molar-refractivity contribution in [1.29, 1.82) is 0 Å². The lowest BCUT2D eigenvalue weighted by atomic mass is 10.0. The summed E-state index contributed by atoms with van der Waals surface area (Å²) in [6.07, 6.45) is -0.825. The standard InChI is InChI=1S/C23H27NO6/c1-23(2,3)30-22(27)24-18-9-5-16(6-10-18)20(25)15-21(26)17-7-11-19(12-8-17)29-14-13-28-4/h5-12H,13-15H2,1-4H3,(H,24,27). The smallest absolute Gasteiger partial charge is 0.412 e. The van der Waals surface area contributed by atoms with Crippen LogP contribution in [0.3, 0.4) is 0 Å². The highest BCUT2D eigenvalue weighted by Gasteiger charge is 2.17. The van der Waals surface area contributed by atoms with E-state index in [2.05, 4.69) is 5.32 Å². The van der Waals surface area contributed by atoms with E-state index in [1.807, 2.05) is 0 Å². The molecule has 0 bridgehead atoms. The minimum absolute atomic E-state index is 0.247. The molecule has 0 saturated carbocycles. The number of nitrogens with one attached hydrogen (secondary N) is 1. The Labute approximate surface area is 176 Å².